The molecule has 112 valence electrons. The first kappa shape index (κ1) is 15.2. The first-order valence-corrected chi connectivity index (χ1v) is 7.27. The largest absolute Gasteiger partial charge is 0.370 e. The summed E-state index contributed by atoms with van der Waals surface area (Å²) in [5.74, 6) is 1.26. The Hall–Kier alpha value is -2.16. The van der Waals surface area contributed by atoms with Crippen molar-refractivity contribution in [2.24, 2.45) is 7.05 Å². The average molecular weight is 308 g/mol. The van der Waals surface area contributed by atoms with Gasteiger partial charge in [-0.3, -0.25) is 10.1 Å². The molecule has 21 heavy (non-hydrogen) atoms. The molecule has 0 radical (unpaired) electrons. The van der Waals surface area contributed by atoms with Gasteiger partial charge in [0, 0.05) is 19.7 Å². The standard InChI is InChI=1S/C12H16N6O2S/c1-4-5-13-10-6-9(18(19)20)7-11(14-10)21-12-16-15-8(2)17(12)3/h6-7H,4-5H2,1-3H3,(H,13,14). The second kappa shape index (κ2) is 6.53. The van der Waals surface area contributed by atoms with Crippen LogP contribution >= 0.6 is 11.8 Å². The number of rotatable bonds is 6. The summed E-state index contributed by atoms with van der Waals surface area (Å²) in [5, 5.41) is 23.2. The van der Waals surface area contributed by atoms with Gasteiger partial charge in [-0.1, -0.05) is 6.92 Å². The maximum absolute atomic E-state index is 11.0. The lowest BCUT2D eigenvalue weighted by molar-refractivity contribution is -0.385. The van der Waals surface area contributed by atoms with Crippen LogP contribution in [0.1, 0.15) is 19.2 Å². The van der Waals surface area contributed by atoms with E-state index in [1.165, 1.54) is 23.9 Å². The molecule has 0 atom stereocenters. The first-order valence-electron chi connectivity index (χ1n) is 6.45. The molecule has 0 fully saturated rings. The zero-order valence-electron chi connectivity index (χ0n) is 12.0. The van der Waals surface area contributed by atoms with Gasteiger partial charge in [-0.25, -0.2) is 4.98 Å². The van der Waals surface area contributed by atoms with Crippen molar-refractivity contribution in [1.82, 2.24) is 19.7 Å². The van der Waals surface area contributed by atoms with E-state index >= 15 is 0 Å². The Bertz CT molecular complexity index is 657. The molecule has 0 bridgehead atoms. The van der Waals surface area contributed by atoms with E-state index in [4.69, 9.17) is 0 Å². The Morgan fingerprint density at radius 2 is 2.19 bits per heavy atom. The second-order valence-electron chi connectivity index (χ2n) is 4.42. The third kappa shape index (κ3) is 3.69. The first-order chi connectivity index (χ1) is 10.0. The predicted octanol–water partition coefficient (Wildman–Crippen LogP) is 2.40. The van der Waals surface area contributed by atoms with Crippen LogP contribution in [0.3, 0.4) is 0 Å². The van der Waals surface area contributed by atoms with Crippen molar-refractivity contribution in [3.63, 3.8) is 0 Å². The number of aromatic nitrogens is 4. The number of aryl methyl sites for hydroxylation is 1. The molecular formula is C12H16N6O2S. The number of nitrogens with one attached hydrogen (secondary N) is 1. The summed E-state index contributed by atoms with van der Waals surface area (Å²) in [5.41, 5.74) is 0.00462. The molecule has 0 spiro atoms. The molecule has 2 aromatic rings. The summed E-state index contributed by atoms with van der Waals surface area (Å²) in [6, 6.07) is 2.87. The normalized spacial score (nSPS) is 10.6. The van der Waals surface area contributed by atoms with Crippen molar-refractivity contribution in [2.45, 2.75) is 30.5 Å². The average Bonchev–Trinajstić information content (AvgIpc) is 2.77. The maximum atomic E-state index is 11.0. The monoisotopic (exact) mass is 308 g/mol. The number of hydrogen-bond acceptors (Lipinski definition) is 7. The van der Waals surface area contributed by atoms with E-state index in [9.17, 15) is 10.1 Å². The zero-order valence-corrected chi connectivity index (χ0v) is 12.8. The van der Waals surface area contributed by atoms with E-state index < -0.39 is 4.92 Å². The van der Waals surface area contributed by atoms with Crippen LogP contribution in [0.15, 0.2) is 22.3 Å². The maximum Gasteiger partial charge on any atom is 0.275 e. The highest BCUT2D eigenvalue weighted by Gasteiger charge is 2.14. The lowest BCUT2D eigenvalue weighted by Gasteiger charge is -2.06. The Morgan fingerprint density at radius 1 is 1.43 bits per heavy atom. The summed E-state index contributed by atoms with van der Waals surface area (Å²) in [4.78, 5) is 14.9. The second-order valence-corrected chi connectivity index (χ2v) is 5.41. The molecule has 0 aliphatic rings. The minimum atomic E-state index is -0.426. The Balaban J connectivity index is 2.31. The molecule has 0 amide bonds. The topological polar surface area (TPSA) is 98.8 Å². The fraction of sp³-hybridized carbons (Fsp3) is 0.417. The van der Waals surface area contributed by atoms with Crippen molar-refractivity contribution >= 4 is 23.3 Å². The van der Waals surface area contributed by atoms with E-state index in [-0.39, 0.29) is 5.69 Å². The van der Waals surface area contributed by atoms with Crippen LogP contribution in [0.5, 0.6) is 0 Å². The Labute approximate surface area is 126 Å². The van der Waals surface area contributed by atoms with E-state index in [0.29, 0.717) is 22.5 Å². The van der Waals surface area contributed by atoms with E-state index in [0.717, 1.165) is 12.2 Å². The molecule has 2 heterocycles. The molecule has 2 aromatic heterocycles. The third-order valence-electron chi connectivity index (χ3n) is 2.80. The molecule has 0 aliphatic heterocycles. The van der Waals surface area contributed by atoms with Gasteiger partial charge in [0.05, 0.1) is 11.0 Å². The van der Waals surface area contributed by atoms with Crippen LogP contribution in [0.4, 0.5) is 11.5 Å². The molecule has 0 aliphatic carbocycles. The Kier molecular flexibility index (Phi) is 4.73. The summed E-state index contributed by atoms with van der Waals surface area (Å²) in [6.07, 6.45) is 0.912. The molecule has 8 nitrogen and oxygen atoms in total. The molecule has 0 unspecified atom stereocenters. The number of nitrogens with zero attached hydrogens (tertiary/aromatic N) is 5. The molecule has 9 heteroatoms. The predicted molar refractivity (Wildman–Crippen MR) is 79.5 cm³/mol. The zero-order chi connectivity index (χ0) is 15.4. The highest BCUT2D eigenvalue weighted by Crippen LogP contribution is 2.29. The minimum Gasteiger partial charge on any atom is -0.370 e. The van der Waals surface area contributed by atoms with E-state index in [1.807, 2.05) is 25.5 Å². The Morgan fingerprint density at radius 3 is 2.76 bits per heavy atom. The lowest BCUT2D eigenvalue weighted by Crippen LogP contribution is -2.03. The van der Waals surface area contributed by atoms with Gasteiger partial charge in [0.15, 0.2) is 5.16 Å². The molecule has 2 rings (SSSR count). The molecule has 0 saturated carbocycles. The van der Waals surface area contributed by atoms with Crippen LogP contribution in [0.2, 0.25) is 0 Å². The van der Waals surface area contributed by atoms with Crippen LogP contribution in [0, 0.1) is 17.0 Å². The van der Waals surface area contributed by atoms with Gasteiger partial charge in [-0.15, -0.1) is 10.2 Å². The van der Waals surface area contributed by atoms with Crippen molar-refractivity contribution < 1.29 is 4.92 Å². The van der Waals surface area contributed by atoms with Crippen LogP contribution < -0.4 is 5.32 Å². The quantitative estimate of drug-likeness (QED) is 0.646. The van der Waals surface area contributed by atoms with Gasteiger partial charge >= 0.3 is 0 Å². The molecule has 1 N–H and O–H groups in total. The molecule has 0 aromatic carbocycles. The van der Waals surface area contributed by atoms with Crippen molar-refractivity contribution in [3.8, 4) is 0 Å². The van der Waals surface area contributed by atoms with E-state index in [1.54, 1.807) is 0 Å². The smallest absolute Gasteiger partial charge is 0.275 e. The highest BCUT2D eigenvalue weighted by molar-refractivity contribution is 7.99. The third-order valence-corrected chi connectivity index (χ3v) is 3.76. The van der Waals surface area contributed by atoms with Gasteiger partial charge in [0.1, 0.15) is 16.7 Å². The fourth-order valence-corrected chi connectivity index (χ4v) is 2.42. The summed E-state index contributed by atoms with van der Waals surface area (Å²) in [6.45, 7) is 4.57. The SMILES string of the molecule is CCCNc1cc([N+](=O)[O-])cc(Sc2nnc(C)n2C)n1. The van der Waals surface area contributed by atoms with Crippen LogP contribution in [-0.2, 0) is 7.05 Å². The number of hydrogen-bond donors (Lipinski definition) is 1. The van der Waals surface area contributed by atoms with E-state index in [2.05, 4.69) is 20.5 Å². The van der Waals surface area contributed by atoms with Crippen molar-refractivity contribution in [1.29, 1.82) is 0 Å². The summed E-state index contributed by atoms with van der Waals surface area (Å²) in [7, 11) is 1.84. The van der Waals surface area contributed by atoms with Crippen molar-refractivity contribution in [3.05, 3.63) is 28.1 Å². The van der Waals surface area contributed by atoms with Gasteiger partial charge in [-0.05, 0) is 25.1 Å². The number of nitro groups is 1. The van der Waals surface area contributed by atoms with Gasteiger partial charge in [0.2, 0.25) is 0 Å². The minimum absolute atomic E-state index is 0.00462. The number of pyridine rings is 1. The van der Waals surface area contributed by atoms with Crippen LogP contribution in [-0.4, -0.2) is 31.2 Å². The number of anilines is 1. The molecular weight excluding hydrogens is 292 g/mol. The van der Waals surface area contributed by atoms with Crippen molar-refractivity contribution in [2.75, 3.05) is 11.9 Å². The van der Waals surface area contributed by atoms with Crippen LogP contribution in [0.25, 0.3) is 0 Å². The van der Waals surface area contributed by atoms with Gasteiger partial charge in [-0.2, -0.15) is 0 Å². The van der Waals surface area contributed by atoms with Gasteiger partial charge in [0.25, 0.3) is 5.69 Å². The summed E-state index contributed by atoms with van der Waals surface area (Å²) < 4.78 is 1.81. The highest BCUT2D eigenvalue weighted by atomic mass is 32.2. The molecule has 0 saturated heterocycles. The fourth-order valence-electron chi connectivity index (χ4n) is 1.56. The lowest BCUT2D eigenvalue weighted by atomic mass is 10.4. The summed E-state index contributed by atoms with van der Waals surface area (Å²) >= 11 is 1.25. The van der Waals surface area contributed by atoms with Gasteiger partial charge < -0.3 is 9.88 Å².